The van der Waals surface area contributed by atoms with Crippen molar-refractivity contribution in [3.63, 3.8) is 0 Å². The molecule has 4 amide bonds. The maximum Gasteiger partial charge on any atom is 0.407 e. The Hall–Kier alpha value is -3.22. The molecule has 1 aromatic carbocycles. The monoisotopic (exact) mass is 512 g/mol. The van der Waals surface area contributed by atoms with Crippen LogP contribution in [-0.2, 0) is 19.1 Å². The van der Waals surface area contributed by atoms with E-state index in [-0.39, 0.29) is 37.9 Å². The summed E-state index contributed by atoms with van der Waals surface area (Å²) in [6.07, 6.45) is -0.877. The molecule has 1 saturated heterocycles. The number of rotatable bonds is 8. The molecule has 1 aliphatic rings. The Morgan fingerprint density at radius 3 is 2.74 bits per heavy atom. The molecule has 0 aliphatic carbocycles. The molecule has 182 valence electrons. The maximum absolute atomic E-state index is 14.7. The number of halogens is 2. The molecule has 2 aromatic rings. The standard InChI is InChI=1S/C21H22ClFN4O6S/c1-2-33-21(31)26-15(10-24-20(30)16-5-6-17(22)34-16)19(29)25-14-4-3-12(9-13(14)23)27-7-8-32-11-18(27)28/h3-6,9,15H,2,7-8,10-11H2,1H3,(H,24,30)(H,25,29)(H,26,31)/t15-/m0/s1. The van der Waals surface area contributed by atoms with Crippen molar-refractivity contribution in [2.75, 3.05) is 43.1 Å². The number of thiophene rings is 1. The average Bonchev–Trinajstić information content (AvgIpc) is 3.24. The molecule has 3 rings (SSSR count). The first-order valence-electron chi connectivity index (χ1n) is 10.2. The van der Waals surface area contributed by atoms with Gasteiger partial charge >= 0.3 is 6.09 Å². The fraction of sp³-hybridized carbons (Fsp3) is 0.333. The molecule has 34 heavy (non-hydrogen) atoms. The van der Waals surface area contributed by atoms with E-state index in [9.17, 15) is 23.6 Å². The summed E-state index contributed by atoms with van der Waals surface area (Å²) in [6.45, 7) is 1.89. The van der Waals surface area contributed by atoms with Crippen LogP contribution in [0.3, 0.4) is 0 Å². The highest BCUT2D eigenvalue weighted by Crippen LogP contribution is 2.24. The van der Waals surface area contributed by atoms with Crippen LogP contribution in [-0.4, -0.2) is 62.8 Å². The highest BCUT2D eigenvalue weighted by atomic mass is 35.5. The number of morpholine rings is 1. The number of alkyl carbamates (subject to hydrolysis) is 1. The summed E-state index contributed by atoms with van der Waals surface area (Å²) in [7, 11) is 0. The molecule has 2 heterocycles. The molecule has 0 radical (unpaired) electrons. The molecule has 1 fully saturated rings. The molecular formula is C21H22ClFN4O6S. The molecule has 1 aromatic heterocycles. The van der Waals surface area contributed by atoms with Crippen molar-refractivity contribution < 1.29 is 33.0 Å². The van der Waals surface area contributed by atoms with Gasteiger partial charge in [0.1, 0.15) is 18.5 Å². The lowest BCUT2D eigenvalue weighted by molar-refractivity contribution is -0.125. The van der Waals surface area contributed by atoms with Crippen molar-refractivity contribution in [2.24, 2.45) is 0 Å². The minimum absolute atomic E-state index is 0.0660. The molecule has 0 unspecified atom stereocenters. The predicted molar refractivity (Wildman–Crippen MR) is 124 cm³/mol. The van der Waals surface area contributed by atoms with Crippen molar-refractivity contribution in [3.8, 4) is 0 Å². The highest BCUT2D eigenvalue weighted by Gasteiger charge is 2.25. The Kier molecular flexibility index (Phi) is 8.79. The van der Waals surface area contributed by atoms with Crippen molar-refractivity contribution >= 4 is 58.1 Å². The second-order valence-corrected chi connectivity index (χ2v) is 8.70. The van der Waals surface area contributed by atoms with Crippen LogP contribution in [0, 0.1) is 5.82 Å². The largest absolute Gasteiger partial charge is 0.450 e. The smallest absolute Gasteiger partial charge is 0.407 e. The number of hydrogen-bond acceptors (Lipinski definition) is 7. The molecular weight excluding hydrogens is 491 g/mol. The van der Waals surface area contributed by atoms with Crippen LogP contribution in [0.25, 0.3) is 0 Å². The fourth-order valence-electron chi connectivity index (χ4n) is 3.03. The van der Waals surface area contributed by atoms with Crippen LogP contribution in [0.4, 0.5) is 20.6 Å². The van der Waals surface area contributed by atoms with E-state index in [0.29, 0.717) is 21.5 Å². The number of ether oxygens (including phenoxy) is 2. The van der Waals surface area contributed by atoms with Gasteiger partial charge < -0.3 is 30.3 Å². The van der Waals surface area contributed by atoms with Gasteiger partial charge in [0.15, 0.2) is 0 Å². The maximum atomic E-state index is 14.7. The van der Waals surface area contributed by atoms with Crippen LogP contribution >= 0.6 is 22.9 Å². The first kappa shape index (κ1) is 25.4. The Morgan fingerprint density at radius 1 is 1.29 bits per heavy atom. The third-order valence-corrected chi connectivity index (χ3v) is 5.89. The van der Waals surface area contributed by atoms with Gasteiger partial charge in [-0.2, -0.15) is 0 Å². The third-order valence-electron chi connectivity index (χ3n) is 4.66. The Labute approximate surface area is 203 Å². The topological polar surface area (TPSA) is 126 Å². The number of amides is 4. The van der Waals surface area contributed by atoms with Crippen molar-refractivity contribution in [1.29, 1.82) is 0 Å². The summed E-state index contributed by atoms with van der Waals surface area (Å²) >= 11 is 6.88. The number of nitrogens with zero attached hydrogens (tertiary/aromatic N) is 1. The average molecular weight is 513 g/mol. The number of carbonyl (C=O) groups excluding carboxylic acids is 4. The van der Waals surface area contributed by atoms with Gasteiger partial charge in [-0.1, -0.05) is 11.6 Å². The van der Waals surface area contributed by atoms with Gasteiger partial charge in [0.2, 0.25) is 5.91 Å². The van der Waals surface area contributed by atoms with Crippen LogP contribution in [0.15, 0.2) is 30.3 Å². The second kappa shape index (κ2) is 11.8. The van der Waals surface area contributed by atoms with Crippen LogP contribution < -0.4 is 20.9 Å². The third kappa shape index (κ3) is 6.65. The van der Waals surface area contributed by atoms with E-state index in [4.69, 9.17) is 21.1 Å². The SMILES string of the molecule is CCOC(=O)N[C@@H](CNC(=O)c1ccc(Cl)s1)C(=O)Nc1ccc(N2CCOCC2=O)cc1F. The van der Waals surface area contributed by atoms with Crippen LogP contribution in [0.2, 0.25) is 4.34 Å². The zero-order valence-electron chi connectivity index (χ0n) is 18.1. The van der Waals surface area contributed by atoms with E-state index in [1.807, 2.05) is 0 Å². The number of hydrogen-bond donors (Lipinski definition) is 3. The molecule has 0 bridgehead atoms. The van der Waals surface area contributed by atoms with E-state index in [0.717, 1.165) is 17.4 Å². The Morgan fingerprint density at radius 2 is 2.09 bits per heavy atom. The van der Waals surface area contributed by atoms with Crippen molar-refractivity contribution in [2.45, 2.75) is 13.0 Å². The van der Waals surface area contributed by atoms with E-state index >= 15 is 0 Å². The van der Waals surface area contributed by atoms with Gasteiger partial charge in [-0.15, -0.1) is 11.3 Å². The molecule has 1 aliphatic heterocycles. The lowest BCUT2D eigenvalue weighted by Crippen LogP contribution is -2.50. The fourth-order valence-corrected chi connectivity index (χ4v) is 3.99. The van der Waals surface area contributed by atoms with E-state index in [1.54, 1.807) is 13.0 Å². The minimum Gasteiger partial charge on any atom is -0.450 e. The molecule has 0 spiro atoms. The predicted octanol–water partition coefficient (Wildman–Crippen LogP) is 2.39. The number of nitrogens with one attached hydrogen (secondary N) is 3. The zero-order chi connectivity index (χ0) is 24.7. The van der Waals surface area contributed by atoms with Gasteiger partial charge in [0.05, 0.1) is 28.1 Å². The van der Waals surface area contributed by atoms with Gasteiger partial charge in [-0.25, -0.2) is 9.18 Å². The lowest BCUT2D eigenvalue weighted by atomic mass is 10.2. The summed E-state index contributed by atoms with van der Waals surface area (Å²) in [6, 6.07) is 5.72. The molecule has 0 saturated carbocycles. The molecule has 13 heteroatoms. The second-order valence-electron chi connectivity index (χ2n) is 6.98. The quantitative estimate of drug-likeness (QED) is 0.498. The lowest BCUT2D eigenvalue weighted by Gasteiger charge is -2.27. The number of carbonyl (C=O) groups is 4. The van der Waals surface area contributed by atoms with Crippen LogP contribution in [0.1, 0.15) is 16.6 Å². The van der Waals surface area contributed by atoms with Gasteiger partial charge in [-0.3, -0.25) is 14.4 Å². The Bertz CT molecular complexity index is 1080. The molecule has 10 nitrogen and oxygen atoms in total. The first-order chi connectivity index (χ1) is 16.3. The first-order valence-corrected chi connectivity index (χ1v) is 11.4. The molecule has 3 N–H and O–H groups in total. The van der Waals surface area contributed by atoms with Crippen molar-refractivity contribution in [1.82, 2.24) is 10.6 Å². The highest BCUT2D eigenvalue weighted by molar-refractivity contribution is 7.18. The van der Waals surface area contributed by atoms with Crippen molar-refractivity contribution in [3.05, 3.63) is 45.4 Å². The van der Waals surface area contributed by atoms with Gasteiger partial charge in [-0.05, 0) is 37.3 Å². The summed E-state index contributed by atoms with van der Waals surface area (Å²) in [5, 5.41) is 7.25. The van der Waals surface area contributed by atoms with Gasteiger partial charge in [0.25, 0.3) is 11.8 Å². The zero-order valence-corrected chi connectivity index (χ0v) is 19.6. The Balaban J connectivity index is 1.69. The van der Waals surface area contributed by atoms with E-state index in [2.05, 4.69) is 16.0 Å². The van der Waals surface area contributed by atoms with E-state index < -0.39 is 29.8 Å². The van der Waals surface area contributed by atoms with E-state index in [1.165, 1.54) is 23.1 Å². The summed E-state index contributed by atoms with van der Waals surface area (Å²) < 4.78 is 25.0. The minimum atomic E-state index is -1.27. The molecule has 1 atom stereocenters. The van der Waals surface area contributed by atoms with Crippen LogP contribution in [0.5, 0.6) is 0 Å². The van der Waals surface area contributed by atoms with Gasteiger partial charge in [0, 0.05) is 18.8 Å². The summed E-state index contributed by atoms with van der Waals surface area (Å²) in [4.78, 5) is 50.6. The summed E-state index contributed by atoms with van der Waals surface area (Å²) in [5.41, 5.74) is 0.161. The summed E-state index contributed by atoms with van der Waals surface area (Å²) in [5.74, 6) is -2.36. The normalized spacial score (nSPS) is 14.3. The number of anilines is 2. The number of benzene rings is 1.